The largest absolute Gasteiger partial charge is 0.338 e. The van der Waals surface area contributed by atoms with E-state index in [-0.39, 0.29) is 11.9 Å². The molecule has 4 nitrogen and oxygen atoms in total. The van der Waals surface area contributed by atoms with Crippen LogP contribution in [0.4, 0.5) is 0 Å². The van der Waals surface area contributed by atoms with Crippen molar-refractivity contribution in [3.63, 3.8) is 0 Å². The number of hydrogen-bond acceptors (Lipinski definition) is 3. The first-order valence-electron chi connectivity index (χ1n) is 7.64. The van der Waals surface area contributed by atoms with Gasteiger partial charge in [0, 0.05) is 38.3 Å². The van der Waals surface area contributed by atoms with Crippen LogP contribution in [-0.4, -0.2) is 27.8 Å². The third-order valence-corrected chi connectivity index (χ3v) is 3.84. The maximum atomic E-state index is 12.5. The average molecular weight is 297 g/mol. The molecule has 1 atom stereocenters. The normalized spacial score (nSPS) is 12.2. The third-order valence-electron chi connectivity index (χ3n) is 3.84. The molecule has 1 amide bonds. The summed E-state index contributed by atoms with van der Waals surface area (Å²) in [5.41, 5.74) is 2.22. The Morgan fingerprint density at radius 3 is 2.45 bits per heavy atom. The topological polar surface area (TPSA) is 46.1 Å². The Labute approximate surface area is 132 Å². The van der Waals surface area contributed by atoms with Crippen LogP contribution in [0.3, 0.4) is 0 Å². The highest BCUT2D eigenvalue weighted by atomic mass is 16.2. The molecule has 2 aromatic heterocycles. The summed E-state index contributed by atoms with van der Waals surface area (Å²) in [6.45, 7) is 4.26. The fourth-order valence-corrected chi connectivity index (χ4v) is 2.74. The first-order valence-corrected chi connectivity index (χ1v) is 7.64. The van der Waals surface area contributed by atoms with Gasteiger partial charge in [0.15, 0.2) is 0 Å². The minimum atomic E-state index is 0.0543. The number of hydrogen-bond donors (Lipinski definition) is 0. The summed E-state index contributed by atoms with van der Waals surface area (Å²) in [4.78, 5) is 22.6. The van der Waals surface area contributed by atoms with Crippen LogP contribution in [0.25, 0.3) is 0 Å². The molecule has 2 rings (SSSR count). The van der Waals surface area contributed by atoms with Crippen molar-refractivity contribution in [3.05, 3.63) is 60.2 Å². The molecule has 0 saturated heterocycles. The molecule has 0 N–H and O–H groups in total. The number of aromatic nitrogens is 2. The monoisotopic (exact) mass is 297 g/mol. The molecule has 0 aliphatic carbocycles. The fourth-order valence-electron chi connectivity index (χ4n) is 2.74. The molecule has 0 aliphatic rings. The average Bonchev–Trinajstić information content (AvgIpc) is 2.54. The minimum absolute atomic E-state index is 0.0543. The Kier molecular flexibility index (Phi) is 5.64. The van der Waals surface area contributed by atoms with Gasteiger partial charge in [-0.2, -0.15) is 0 Å². The highest BCUT2D eigenvalue weighted by Crippen LogP contribution is 2.27. The molecule has 0 aliphatic heterocycles. The van der Waals surface area contributed by atoms with E-state index in [2.05, 4.69) is 23.8 Å². The van der Waals surface area contributed by atoms with Crippen LogP contribution >= 0.6 is 0 Å². The Morgan fingerprint density at radius 1 is 1.14 bits per heavy atom. The van der Waals surface area contributed by atoms with Crippen LogP contribution in [0.15, 0.2) is 49.1 Å². The van der Waals surface area contributed by atoms with Crippen molar-refractivity contribution in [1.82, 2.24) is 14.9 Å². The molecule has 1 unspecified atom stereocenters. The maximum Gasteiger partial charge on any atom is 0.223 e. The highest BCUT2D eigenvalue weighted by Gasteiger charge is 2.24. The Hall–Kier alpha value is -2.23. The van der Waals surface area contributed by atoms with Gasteiger partial charge >= 0.3 is 0 Å². The number of nitrogens with zero attached hydrogens (tertiary/aromatic N) is 3. The van der Waals surface area contributed by atoms with E-state index in [1.807, 2.05) is 42.4 Å². The lowest BCUT2D eigenvalue weighted by Gasteiger charge is -2.31. The van der Waals surface area contributed by atoms with Crippen molar-refractivity contribution in [2.75, 3.05) is 7.05 Å². The summed E-state index contributed by atoms with van der Waals surface area (Å²) in [6.07, 6.45) is 8.36. The zero-order valence-electron chi connectivity index (χ0n) is 13.4. The van der Waals surface area contributed by atoms with E-state index in [1.165, 1.54) is 0 Å². The van der Waals surface area contributed by atoms with Gasteiger partial charge < -0.3 is 4.90 Å². The number of rotatable bonds is 6. The number of aryl methyl sites for hydroxylation is 1. The number of amides is 1. The molecule has 0 bridgehead atoms. The quantitative estimate of drug-likeness (QED) is 0.822. The van der Waals surface area contributed by atoms with Gasteiger partial charge in [0.05, 0.1) is 6.04 Å². The smallest absolute Gasteiger partial charge is 0.223 e. The van der Waals surface area contributed by atoms with E-state index in [1.54, 1.807) is 18.6 Å². The molecular weight excluding hydrogens is 274 g/mol. The van der Waals surface area contributed by atoms with Crippen LogP contribution in [0.2, 0.25) is 0 Å². The Morgan fingerprint density at radius 2 is 1.86 bits per heavy atom. The summed E-state index contributed by atoms with van der Waals surface area (Å²) in [5, 5.41) is 0. The van der Waals surface area contributed by atoms with Crippen LogP contribution in [0.1, 0.15) is 37.4 Å². The lowest BCUT2D eigenvalue weighted by atomic mass is 9.95. The summed E-state index contributed by atoms with van der Waals surface area (Å²) < 4.78 is 0. The van der Waals surface area contributed by atoms with Gasteiger partial charge in [-0.3, -0.25) is 14.8 Å². The fraction of sp³-hybridized carbons (Fsp3) is 0.389. The van der Waals surface area contributed by atoms with E-state index in [0.29, 0.717) is 12.3 Å². The van der Waals surface area contributed by atoms with Crippen LogP contribution in [0, 0.1) is 5.92 Å². The van der Waals surface area contributed by atoms with Gasteiger partial charge in [-0.1, -0.05) is 19.9 Å². The Bertz CT molecular complexity index is 584. The van der Waals surface area contributed by atoms with E-state index < -0.39 is 0 Å². The molecule has 0 spiro atoms. The molecule has 2 heterocycles. The second-order valence-electron chi connectivity index (χ2n) is 5.84. The molecular formula is C18H23N3O. The SMILES string of the molecule is CC(C)C(c1cccnc1)N(C)C(=O)CCc1ccncc1. The number of carbonyl (C=O) groups excluding carboxylic acids is 1. The molecule has 22 heavy (non-hydrogen) atoms. The summed E-state index contributed by atoms with van der Waals surface area (Å²) in [7, 11) is 1.88. The summed E-state index contributed by atoms with van der Waals surface area (Å²) in [6, 6.07) is 7.91. The number of carbonyl (C=O) groups is 1. The van der Waals surface area contributed by atoms with E-state index in [9.17, 15) is 4.79 Å². The standard InChI is InChI=1S/C18H23N3O/c1-14(2)18(16-5-4-10-20-13-16)21(3)17(22)7-6-15-8-11-19-12-9-15/h4-5,8-14,18H,6-7H2,1-3H3. The molecule has 4 heteroatoms. The van der Waals surface area contributed by atoms with E-state index >= 15 is 0 Å². The number of pyridine rings is 2. The lowest BCUT2D eigenvalue weighted by molar-refractivity contribution is -0.133. The molecule has 0 fully saturated rings. The van der Waals surface area contributed by atoms with Gasteiger partial charge in [-0.25, -0.2) is 0 Å². The van der Waals surface area contributed by atoms with Gasteiger partial charge in [0.1, 0.15) is 0 Å². The van der Waals surface area contributed by atoms with Gasteiger partial charge in [0.25, 0.3) is 0 Å². The van der Waals surface area contributed by atoms with Crippen molar-refractivity contribution in [3.8, 4) is 0 Å². The van der Waals surface area contributed by atoms with Crippen molar-refractivity contribution >= 4 is 5.91 Å². The van der Waals surface area contributed by atoms with E-state index in [4.69, 9.17) is 0 Å². The predicted octanol–water partition coefficient (Wildman–Crippen LogP) is 3.26. The molecule has 0 aromatic carbocycles. The lowest BCUT2D eigenvalue weighted by Crippen LogP contribution is -2.34. The van der Waals surface area contributed by atoms with Gasteiger partial charge in [-0.05, 0) is 41.7 Å². The molecule has 0 saturated carbocycles. The summed E-state index contributed by atoms with van der Waals surface area (Å²) >= 11 is 0. The second-order valence-corrected chi connectivity index (χ2v) is 5.84. The maximum absolute atomic E-state index is 12.5. The minimum Gasteiger partial charge on any atom is -0.338 e. The summed E-state index contributed by atoms with van der Waals surface area (Å²) in [5.74, 6) is 0.485. The highest BCUT2D eigenvalue weighted by molar-refractivity contribution is 5.76. The second kappa shape index (κ2) is 7.69. The van der Waals surface area contributed by atoms with Crippen molar-refractivity contribution in [1.29, 1.82) is 0 Å². The zero-order chi connectivity index (χ0) is 15.9. The zero-order valence-corrected chi connectivity index (χ0v) is 13.4. The first-order chi connectivity index (χ1) is 10.6. The van der Waals surface area contributed by atoms with Crippen molar-refractivity contribution in [2.45, 2.75) is 32.7 Å². The van der Waals surface area contributed by atoms with Crippen molar-refractivity contribution in [2.24, 2.45) is 5.92 Å². The predicted molar refractivity (Wildman–Crippen MR) is 87.1 cm³/mol. The van der Waals surface area contributed by atoms with Gasteiger partial charge in [-0.15, -0.1) is 0 Å². The molecule has 2 aromatic rings. The molecule has 0 radical (unpaired) electrons. The van der Waals surface area contributed by atoms with Crippen LogP contribution < -0.4 is 0 Å². The first kappa shape index (κ1) is 16.1. The van der Waals surface area contributed by atoms with E-state index in [0.717, 1.165) is 17.5 Å². The van der Waals surface area contributed by atoms with Crippen molar-refractivity contribution < 1.29 is 4.79 Å². The van der Waals surface area contributed by atoms with Gasteiger partial charge in [0.2, 0.25) is 5.91 Å². The molecule has 116 valence electrons. The van der Waals surface area contributed by atoms with Crippen LogP contribution in [0.5, 0.6) is 0 Å². The Balaban J connectivity index is 2.04. The third kappa shape index (κ3) is 4.13. The van der Waals surface area contributed by atoms with Crippen LogP contribution in [-0.2, 0) is 11.2 Å².